The molecular weight excluding hydrogens is 278 g/mol. The SMILES string of the molecule is N#CCOc1ccccc1NC(=O)c1c(F)cccc1F. The lowest BCUT2D eigenvalue weighted by Crippen LogP contribution is -2.16. The number of nitrogens with zero attached hydrogens (tertiary/aromatic N) is 1. The zero-order chi connectivity index (χ0) is 15.2. The zero-order valence-electron chi connectivity index (χ0n) is 10.8. The third-order valence-electron chi connectivity index (χ3n) is 2.62. The van der Waals surface area contributed by atoms with Crippen molar-refractivity contribution < 1.29 is 18.3 Å². The maximum atomic E-state index is 13.5. The van der Waals surface area contributed by atoms with E-state index in [4.69, 9.17) is 10.00 Å². The molecule has 2 aromatic carbocycles. The Kier molecular flexibility index (Phi) is 4.46. The van der Waals surface area contributed by atoms with E-state index < -0.39 is 23.1 Å². The molecular formula is C15H10F2N2O2. The third kappa shape index (κ3) is 3.34. The Bertz CT molecular complexity index is 691. The number of anilines is 1. The van der Waals surface area contributed by atoms with Crippen molar-refractivity contribution >= 4 is 11.6 Å². The molecule has 0 bridgehead atoms. The molecule has 0 aliphatic rings. The van der Waals surface area contributed by atoms with Gasteiger partial charge in [0.2, 0.25) is 0 Å². The van der Waals surface area contributed by atoms with Gasteiger partial charge in [0.15, 0.2) is 6.61 Å². The molecule has 4 nitrogen and oxygen atoms in total. The third-order valence-corrected chi connectivity index (χ3v) is 2.62. The van der Waals surface area contributed by atoms with E-state index >= 15 is 0 Å². The predicted octanol–water partition coefficient (Wildman–Crippen LogP) is 3.12. The van der Waals surface area contributed by atoms with Crippen LogP contribution in [0.2, 0.25) is 0 Å². The summed E-state index contributed by atoms with van der Waals surface area (Å²) in [7, 11) is 0. The summed E-state index contributed by atoms with van der Waals surface area (Å²) in [6.07, 6.45) is 0. The van der Waals surface area contributed by atoms with E-state index in [0.29, 0.717) is 0 Å². The quantitative estimate of drug-likeness (QED) is 0.940. The normalized spacial score (nSPS) is 9.76. The fourth-order valence-electron chi connectivity index (χ4n) is 1.71. The number of nitriles is 1. The average Bonchev–Trinajstić information content (AvgIpc) is 2.46. The van der Waals surface area contributed by atoms with Crippen molar-refractivity contribution in [2.24, 2.45) is 0 Å². The maximum Gasteiger partial charge on any atom is 0.261 e. The average molecular weight is 288 g/mol. The molecule has 0 spiro atoms. The minimum absolute atomic E-state index is 0.207. The molecule has 2 rings (SSSR count). The van der Waals surface area contributed by atoms with Crippen LogP contribution in [0.5, 0.6) is 5.75 Å². The van der Waals surface area contributed by atoms with E-state index in [0.717, 1.165) is 12.1 Å². The summed E-state index contributed by atoms with van der Waals surface area (Å²) < 4.78 is 32.2. The van der Waals surface area contributed by atoms with Gasteiger partial charge in [0.1, 0.15) is 29.0 Å². The number of amides is 1. The smallest absolute Gasteiger partial charge is 0.261 e. The molecule has 106 valence electrons. The van der Waals surface area contributed by atoms with Crippen LogP contribution in [0.4, 0.5) is 14.5 Å². The summed E-state index contributed by atoms with van der Waals surface area (Å²) >= 11 is 0. The van der Waals surface area contributed by atoms with Crippen LogP contribution in [0, 0.1) is 23.0 Å². The molecule has 0 saturated carbocycles. The van der Waals surface area contributed by atoms with E-state index in [2.05, 4.69) is 5.32 Å². The number of ether oxygens (including phenoxy) is 1. The van der Waals surface area contributed by atoms with E-state index in [1.54, 1.807) is 18.2 Å². The highest BCUT2D eigenvalue weighted by Crippen LogP contribution is 2.25. The largest absolute Gasteiger partial charge is 0.477 e. The molecule has 0 aliphatic carbocycles. The number of carbonyl (C=O) groups is 1. The molecule has 0 aliphatic heterocycles. The van der Waals surface area contributed by atoms with Gasteiger partial charge >= 0.3 is 0 Å². The van der Waals surface area contributed by atoms with E-state index in [1.165, 1.54) is 18.2 Å². The molecule has 21 heavy (non-hydrogen) atoms. The number of halogens is 2. The molecule has 0 saturated heterocycles. The molecule has 0 fully saturated rings. The number of rotatable bonds is 4. The summed E-state index contributed by atoms with van der Waals surface area (Å²) in [6, 6.07) is 11.3. The summed E-state index contributed by atoms with van der Waals surface area (Å²) in [4.78, 5) is 12.0. The van der Waals surface area contributed by atoms with Crippen molar-refractivity contribution in [2.45, 2.75) is 0 Å². The topological polar surface area (TPSA) is 62.1 Å². The highest BCUT2D eigenvalue weighted by molar-refractivity contribution is 6.05. The van der Waals surface area contributed by atoms with Gasteiger partial charge in [-0.25, -0.2) is 8.78 Å². The Hall–Kier alpha value is -2.94. The second-order valence-electron chi connectivity index (χ2n) is 3.99. The number of carbonyl (C=O) groups excluding carboxylic acids is 1. The first-order valence-electron chi connectivity index (χ1n) is 5.97. The van der Waals surface area contributed by atoms with E-state index in [1.807, 2.05) is 0 Å². The van der Waals surface area contributed by atoms with Crippen LogP contribution in [-0.4, -0.2) is 12.5 Å². The number of hydrogen-bond acceptors (Lipinski definition) is 3. The monoisotopic (exact) mass is 288 g/mol. The standard InChI is InChI=1S/C15H10F2N2O2/c16-10-4-3-5-11(17)14(10)15(20)19-12-6-1-2-7-13(12)21-9-8-18/h1-7H,9H2,(H,19,20). The Morgan fingerprint density at radius 3 is 2.48 bits per heavy atom. The lowest BCUT2D eigenvalue weighted by molar-refractivity contribution is 0.101. The highest BCUT2D eigenvalue weighted by Gasteiger charge is 2.18. The van der Waals surface area contributed by atoms with Crippen LogP contribution < -0.4 is 10.1 Å². The maximum absolute atomic E-state index is 13.5. The van der Waals surface area contributed by atoms with Gasteiger partial charge in [0, 0.05) is 0 Å². The fourth-order valence-corrected chi connectivity index (χ4v) is 1.71. The number of nitrogens with one attached hydrogen (secondary N) is 1. The molecule has 1 N–H and O–H groups in total. The van der Waals surface area contributed by atoms with Gasteiger partial charge in [-0.1, -0.05) is 18.2 Å². The fraction of sp³-hybridized carbons (Fsp3) is 0.0667. The van der Waals surface area contributed by atoms with Crippen LogP contribution in [0.25, 0.3) is 0 Å². The Labute approximate surface area is 119 Å². The number of para-hydroxylation sites is 2. The predicted molar refractivity (Wildman–Crippen MR) is 71.9 cm³/mol. The van der Waals surface area contributed by atoms with Gasteiger partial charge in [-0.05, 0) is 24.3 Å². The molecule has 0 atom stereocenters. The van der Waals surface area contributed by atoms with Crippen molar-refractivity contribution in [3.63, 3.8) is 0 Å². The molecule has 2 aromatic rings. The van der Waals surface area contributed by atoms with Crippen molar-refractivity contribution in [2.75, 3.05) is 11.9 Å². The van der Waals surface area contributed by atoms with Gasteiger partial charge in [-0.15, -0.1) is 0 Å². The molecule has 0 radical (unpaired) electrons. The second kappa shape index (κ2) is 6.48. The van der Waals surface area contributed by atoms with Gasteiger partial charge < -0.3 is 10.1 Å². The van der Waals surface area contributed by atoms with Crippen LogP contribution in [0.1, 0.15) is 10.4 Å². The molecule has 6 heteroatoms. The lowest BCUT2D eigenvalue weighted by atomic mass is 10.1. The number of benzene rings is 2. The number of hydrogen-bond donors (Lipinski definition) is 1. The minimum atomic E-state index is -0.956. The Balaban J connectivity index is 2.26. The summed E-state index contributed by atoms with van der Waals surface area (Å²) in [5, 5.41) is 10.9. The van der Waals surface area contributed by atoms with Crippen molar-refractivity contribution in [3.8, 4) is 11.8 Å². The molecule has 1 amide bonds. The van der Waals surface area contributed by atoms with Crippen LogP contribution in [0.15, 0.2) is 42.5 Å². The lowest BCUT2D eigenvalue weighted by Gasteiger charge is -2.11. The second-order valence-corrected chi connectivity index (χ2v) is 3.99. The summed E-state index contributed by atoms with van der Waals surface area (Å²) in [5.41, 5.74) is -0.451. The van der Waals surface area contributed by atoms with Crippen molar-refractivity contribution in [1.82, 2.24) is 0 Å². The van der Waals surface area contributed by atoms with Gasteiger partial charge in [-0.2, -0.15) is 5.26 Å². The zero-order valence-corrected chi connectivity index (χ0v) is 10.8. The summed E-state index contributed by atoms with van der Waals surface area (Å²) in [6.45, 7) is -0.207. The van der Waals surface area contributed by atoms with Crippen molar-refractivity contribution in [1.29, 1.82) is 5.26 Å². The minimum Gasteiger partial charge on any atom is -0.477 e. The molecule has 0 aromatic heterocycles. The van der Waals surface area contributed by atoms with Crippen LogP contribution in [0.3, 0.4) is 0 Å². The first kappa shape index (κ1) is 14.5. The highest BCUT2D eigenvalue weighted by atomic mass is 19.1. The Morgan fingerprint density at radius 2 is 1.81 bits per heavy atom. The van der Waals surface area contributed by atoms with Gasteiger partial charge in [0.25, 0.3) is 5.91 Å². The van der Waals surface area contributed by atoms with Gasteiger partial charge in [-0.3, -0.25) is 4.79 Å². The van der Waals surface area contributed by atoms with E-state index in [-0.39, 0.29) is 18.0 Å². The molecule has 0 unspecified atom stereocenters. The first-order chi connectivity index (χ1) is 10.1. The molecule has 0 heterocycles. The Morgan fingerprint density at radius 1 is 1.14 bits per heavy atom. The van der Waals surface area contributed by atoms with Crippen LogP contribution >= 0.6 is 0 Å². The van der Waals surface area contributed by atoms with E-state index in [9.17, 15) is 13.6 Å². The summed E-state index contributed by atoms with van der Waals surface area (Å²) in [5.74, 6) is -2.60. The first-order valence-corrected chi connectivity index (χ1v) is 5.97. The van der Waals surface area contributed by atoms with Crippen LogP contribution in [-0.2, 0) is 0 Å². The van der Waals surface area contributed by atoms with Gasteiger partial charge in [0.05, 0.1) is 5.69 Å². The van der Waals surface area contributed by atoms with Crippen molar-refractivity contribution in [3.05, 3.63) is 59.7 Å².